The van der Waals surface area contributed by atoms with E-state index in [9.17, 15) is 12.8 Å². The molecule has 0 saturated carbocycles. The van der Waals surface area contributed by atoms with Gasteiger partial charge in [0.25, 0.3) is 10.1 Å². The molecule has 2 aliphatic heterocycles. The van der Waals surface area contributed by atoms with Gasteiger partial charge < -0.3 is 9.32 Å². The first kappa shape index (κ1) is 18.5. The molecule has 0 radical (unpaired) electrons. The first-order valence-corrected chi connectivity index (χ1v) is 11.3. The molecule has 2 aliphatic rings. The number of hydrogen-bond donors (Lipinski definition) is 0. The predicted molar refractivity (Wildman–Crippen MR) is 101 cm³/mol. The Kier molecular flexibility index (Phi) is 4.77. The van der Waals surface area contributed by atoms with Crippen molar-refractivity contribution in [3.05, 3.63) is 59.8 Å². The fourth-order valence-corrected chi connectivity index (χ4v) is 5.80. The van der Waals surface area contributed by atoms with Gasteiger partial charge in [-0.2, -0.15) is 8.42 Å². The zero-order valence-electron chi connectivity index (χ0n) is 14.7. The van der Waals surface area contributed by atoms with Gasteiger partial charge in [0.2, 0.25) is 5.72 Å². The maximum Gasteiger partial charge on any atom is 0.267 e. The van der Waals surface area contributed by atoms with Gasteiger partial charge in [0.1, 0.15) is 5.82 Å². The van der Waals surface area contributed by atoms with Crippen LogP contribution in [-0.2, 0) is 20.0 Å². The first-order chi connectivity index (χ1) is 12.9. The van der Waals surface area contributed by atoms with Crippen LogP contribution < -0.4 is 0 Å². The van der Waals surface area contributed by atoms with Crippen LogP contribution in [-0.4, -0.2) is 37.8 Å². The number of halogens is 1. The average Bonchev–Trinajstić information content (AvgIpc) is 3.15. The van der Waals surface area contributed by atoms with Gasteiger partial charge in [0, 0.05) is 13.1 Å². The molecule has 0 spiro atoms. The van der Waals surface area contributed by atoms with Crippen LogP contribution in [0.4, 0.5) is 4.39 Å². The van der Waals surface area contributed by atoms with E-state index in [1.807, 2.05) is 4.90 Å². The van der Waals surface area contributed by atoms with Gasteiger partial charge in [-0.15, -0.1) is 0 Å². The van der Waals surface area contributed by atoms with Crippen molar-refractivity contribution in [3.8, 4) is 0 Å². The van der Waals surface area contributed by atoms with Crippen LogP contribution in [0.3, 0.4) is 0 Å². The van der Waals surface area contributed by atoms with Crippen LogP contribution in [0.1, 0.15) is 29.4 Å². The number of hydrogen-bond acceptors (Lipinski definition) is 7. The van der Waals surface area contributed by atoms with Crippen LogP contribution in [0.25, 0.3) is 0 Å². The molecule has 1 aromatic carbocycles. The number of benzene rings is 1. The number of fused-ring (bicyclic) bond motifs is 1. The summed E-state index contributed by atoms with van der Waals surface area (Å²) in [4.78, 5) is 6.46. The summed E-state index contributed by atoms with van der Waals surface area (Å²) in [6, 6.07) is 9.48. The van der Waals surface area contributed by atoms with Gasteiger partial charge in [-0.1, -0.05) is 23.9 Å². The van der Waals surface area contributed by atoms with Crippen molar-refractivity contribution in [2.24, 2.45) is 4.99 Å². The monoisotopic (exact) mass is 410 g/mol. The number of amidine groups is 1. The number of aliphatic imine (C=N–C) groups is 1. The molecule has 1 aromatic heterocycles. The number of rotatable bonds is 4. The third-order valence-electron chi connectivity index (χ3n) is 4.55. The van der Waals surface area contributed by atoms with E-state index in [-0.39, 0.29) is 0 Å². The molecule has 1 fully saturated rings. The molecule has 2 unspecified atom stereocenters. The molecule has 9 heteroatoms. The maximum atomic E-state index is 14.0. The Morgan fingerprint density at radius 1 is 1.33 bits per heavy atom. The summed E-state index contributed by atoms with van der Waals surface area (Å²) in [6.45, 7) is 1.22. The molecule has 0 aliphatic carbocycles. The molecule has 0 N–H and O–H groups in total. The van der Waals surface area contributed by atoms with Crippen molar-refractivity contribution >= 4 is 27.0 Å². The predicted octanol–water partition coefficient (Wildman–Crippen LogP) is 3.49. The standard InChI is InChI=1S/C18H19FN2O4S2/c1-27(22,23)25-18(15-8-5-11-24-15)16(13-6-4-7-14(19)12-13)26-17-20-9-2-3-10-21(17)18/h4-8,11-12,16H,2-3,9-10H2,1H3. The molecule has 27 heavy (non-hydrogen) atoms. The summed E-state index contributed by atoms with van der Waals surface area (Å²) >= 11 is 1.38. The molecule has 144 valence electrons. The van der Waals surface area contributed by atoms with Crippen molar-refractivity contribution in [3.63, 3.8) is 0 Å². The van der Waals surface area contributed by atoms with E-state index in [1.54, 1.807) is 24.3 Å². The van der Waals surface area contributed by atoms with Crippen LogP contribution in [0, 0.1) is 5.82 Å². The molecule has 0 amide bonds. The number of furan rings is 1. The molecule has 1 saturated heterocycles. The lowest BCUT2D eigenvalue weighted by molar-refractivity contribution is -0.0568. The van der Waals surface area contributed by atoms with Gasteiger partial charge in [0.15, 0.2) is 10.9 Å². The topological polar surface area (TPSA) is 72.1 Å². The minimum atomic E-state index is -3.87. The van der Waals surface area contributed by atoms with Gasteiger partial charge in [-0.05, 0) is 42.7 Å². The van der Waals surface area contributed by atoms with Gasteiger partial charge >= 0.3 is 0 Å². The maximum absolute atomic E-state index is 14.0. The molecule has 2 aromatic rings. The van der Waals surface area contributed by atoms with Crippen molar-refractivity contribution < 1.29 is 21.4 Å². The first-order valence-electron chi connectivity index (χ1n) is 8.59. The number of nitrogens with zero attached hydrogens (tertiary/aromatic N) is 2. The Morgan fingerprint density at radius 2 is 2.19 bits per heavy atom. The zero-order valence-corrected chi connectivity index (χ0v) is 16.3. The second-order valence-electron chi connectivity index (χ2n) is 6.54. The van der Waals surface area contributed by atoms with Crippen LogP contribution in [0.2, 0.25) is 0 Å². The smallest absolute Gasteiger partial charge is 0.267 e. The van der Waals surface area contributed by atoms with E-state index in [0.29, 0.717) is 29.6 Å². The molecule has 4 rings (SSSR count). The Hall–Kier alpha value is -1.84. The Labute approximate surface area is 161 Å². The van der Waals surface area contributed by atoms with E-state index in [4.69, 9.17) is 8.60 Å². The van der Waals surface area contributed by atoms with Gasteiger partial charge in [0.05, 0.1) is 17.8 Å². The molecule has 2 atom stereocenters. The molecular formula is C18H19FN2O4S2. The summed E-state index contributed by atoms with van der Waals surface area (Å²) in [5.41, 5.74) is -0.852. The van der Waals surface area contributed by atoms with Gasteiger partial charge in [-0.3, -0.25) is 4.99 Å². The third-order valence-corrected chi connectivity index (χ3v) is 6.50. The number of thioether (sulfide) groups is 1. The minimum absolute atomic E-state index is 0.349. The Balaban J connectivity index is 1.96. The van der Waals surface area contributed by atoms with E-state index in [1.165, 1.54) is 30.2 Å². The summed E-state index contributed by atoms with van der Waals surface area (Å²) < 4.78 is 49.9. The molecular weight excluding hydrogens is 391 g/mol. The highest BCUT2D eigenvalue weighted by atomic mass is 32.2. The van der Waals surface area contributed by atoms with Crippen molar-refractivity contribution in [1.82, 2.24) is 4.90 Å². The second kappa shape index (κ2) is 6.96. The highest BCUT2D eigenvalue weighted by molar-refractivity contribution is 8.14. The lowest BCUT2D eigenvalue weighted by atomic mass is 9.97. The van der Waals surface area contributed by atoms with Crippen molar-refractivity contribution in [1.29, 1.82) is 0 Å². The molecule has 3 heterocycles. The summed E-state index contributed by atoms with van der Waals surface area (Å²) in [5, 5.41) is 0.118. The normalized spacial score (nSPS) is 25.8. The van der Waals surface area contributed by atoms with E-state index >= 15 is 0 Å². The highest BCUT2D eigenvalue weighted by Crippen LogP contribution is 2.57. The molecule has 0 bridgehead atoms. The lowest BCUT2D eigenvalue weighted by Crippen LogP contribution is -2.49. The Morgan fingerprint density at radius 3 is 2.89 bits per heavy atom. The largest absolute Gasteiger partial charge is 0.464 e. The van der Waals surface area contributed by atoms with E-state index < -0.39 is 26.9 Å². The highest BCUT2D eigenvalue weighted by Gasteiger charge is 2.59. The summed E-state index contributed by atoms with van der Waals surface area (Å²) in [7, 11) is -3.87. The van der Waals surface area contributed by atoms with Gasteiger partial charge in [-0.25, -0.2) is 8.57 Å². The minimum Gasteiger partial charge on any atom is -0.464 e. The van der Waals surface area contributed by atoms with E-state index in [0.717, 1.165) is 19.1 Å². The fourth-order valence-electron chi connectivity index (χ4n) is 3.54. The second-order valence-corrected chi connectivity index (χ2v) is 9.18. The quantitative estimate of drug-likeness (QED) is 0.719. The SMILES string of the molecule is CS(=O)(=O)OC1(c2ccco2)C(c2cccc(F)c2)SC2=NCCCCN21. The summed E-state index contributed by atoms with van der Waals surface area (Å²) in [5.74, 6) is -0.0494. The van der Waals surface area contributed by atoms with Crippen molar-refractivity contribution in [2.75, 3.05) is 19.3 Å². The lowest BCUT2D eigenvalue weighted by Gasteiger charge is -2.38. The zero-order chi connectivity index (χ0) is 19.1. The van der Waals surface area contributed by atoms with Crippen LogP contribution >= 0.6 is 11.8 Å². The molecule has 6 nitrogen and oxygen atoms in total. The summed E-state index contributed by atoms with van der Waals surface area (Å²) in [6.07, 6.45) is 4.22. The Bertz CT molecular complexity index is 962. The average molecular weight is 410 g/mol. The van der Waals surface area contributed by atoms with Crippen LogP contribution in [0.15, 0.2) is 52.1 Å². The van der Waals surface area contributed by atoms with E-state index in [2.05, 4.69) is 4.99 Å². The van der Waals surface area contributed by atoms with Crippen molar-refractivity contribution in [2.45, 2.75) is 23.8 Å². The fraction of sp³-hybridized carbons (Fsp3) is 0.389. The van der Waals surface area contributed by atoms with Crippen LogP contribution in [0.5, 0.6) is 0 Å². The third kappa shape index (κ3) is 3.39.